The van der Waals surface area contributed by atoms with E-state index in [1.54, 1.807) is 0 Å². The molecule has 12 heavy (non-hydrogen) atoms. The third-order valence-corrected chi connectivity index (χ3v) is 1.82. The predicted octanol–water partition coefficient (Wildman–Crippen LogP) is 3.56. The minimum atomic E-state index is 0.576. The summed E-state index contributed by atoms with van der Waals surface area (Å²) in [5, 5.41) is 0. The van der Waals surface area contributed by atoms with Gasteiger partial charge in [0.15, 0.2) is 0 Å². The first-order valence-corrected chi connectivity index (χ1v) is 4.56. The van der Waals surface area contributed by atoms with Crippen molar-refractivity contribution in [3.63, 3.8) is 0 Å². The number of benzene rings is 1. The molecular formula is C11H13Cl. The van der Waals surface area contributed by atoms with E-state index in [9.17, 15) is 0 Å². The average Bonchev–Trinajstić information content (AvgIpc) is 1.99. The van der Waals surface area contributed by atoms with Crippen molar-refractivity contribution in [2.45, 2.75) is 13.8 Å². The summed E-state index contributed by atoms with van der Waals surface area (Å²) in [6.45, 7) is 4.20. The SMILES string of the molecule is Cc1cc(C)cc(C=CCCl)c1. The molecule has 64 valence electrons. The highest BCUT2D eigenvalue weighted by atomic mass is 35.5. The van der Waals surface area contributed by atoms with Crippen LogP contribution >= 0.6 is 11.6 Å². The lowest BCUT2D eigenvalue weighted by molar-refractivity contribution is 1.37. The first-order chi connectivity index (χ1) is 5.72. The van der Waals surface area contributed by atoms with E-state index in [1.807, 2.05) is 12.2 Å². The number of hydrogen-bond donors (Lipinski definition) is 0. The van der Waals surface area contributed by atoms with Gasteiger partial charge in [0.1, 0.15) is 0 Å². The van der Waals surface area contributed by atoms with Gasteiger partial charge in [0.2, 0.25) is 0 Å². The molecule has 0 amide bonds. The fourth-order valence-corrected chi connectivity index (χ4v) is 1.38. The van der Waals surface area contributed by atoms with Gasteiger partial charge in [0.25, 0.3) is 0 Å². The lowest BCUT2D eigenvalue weighted by Gasteiger charge is -1.98. The second-order valence-corrected chi connectivity index (χ2v) is 3.29. The van der Waals surface area contributed by atoms with Crippen LogP contribution in [0.5, 0.6) is 0 Å². The molecule has 0 fully saturated rings. The van der Waals surface area contributed by atoms with Gasteiger partial charge in [0.05, 0.1) is 0 Å². The Morgan fingerprint density at radius 3 is 2.25 bits per heavy atom. The molecule has 0 aliphatic heterocycles. The third-order valence-electron chi connectivity index (χ3n) is 1.64. The molecule has 0 nitrogen and oxygen atoms in total. The second-order valence-electron chi connectivity index (χ2n) is 2.98. The number of alkyl halides is 1. The van der Waals surface area contributed by atoms with E-state index in [4.69, 9.17) is 11.6 Å². The quantitative estimate of drug-likeness (QED) is 0.611. The van der Waals surface area contributed by atoms with Gasteiger partial charge in [-0.2, -0.15) is 0 Å². The highest BCUT2D eigenvalue weighted by molar-refractivity contribution is 6.19. The molecule has 1 aromatic carbocycles. The summed E-state index contributed by atoms with van der Waals surface area (Å²) in [7, 11) is 0. The first kappa shape index (κ1) is 9.34. The Morgan fingerprint density at radius 1 is 1.17 bits per heavy atom. The summed E-state index contributed by atoms with van der Waals surface area (Å²) in [6, 6.07) is 6.46. The highest BCUT2D eigenvalue weighted by Gasteiger charge is 1.90. The fraction of sp³-hybridized carbons (Fsp3) is 0.273. The molecule has 0 radical (unpaired) electrons. The average molecular weight is 181 g/mol. The monoisotopic (exact) mass is 180 g/mol. The van der Waals surface area contributed by atoms with Gasteiger partial charge >= 0.3 is 0 Å². The van der Waals surface area contributed by atoms with Crippen molar-refractivity contribution in [2.75, 3.05) is 5.88 Å². The Kier molecular flexibility index (Phi) is 3.36. The van der Waals surface area contributed by atoms with E-state index in [-0.39, 0.29) is 0 Å². The van der Waals surface area contributed by atoms with Crippen molar-refractivity contribution in [3.8, 4) is 0 Å². The topological polar surface area (TPSA) is 0 Å². The van der Waals surface area contributed by atoms with Crippen molar-refractivity contribution in [3.05, 3.63) is 41.0 Å². The maximum Gasteiger partial charge on any atom is 0.0407 e. The number of aryl methyl sites for hydroxylation is 2. The van der Waals surface area contributed by atoms with Crippen LogP contribution in [0.3, 0.4) is 0 Å². The lowest BCUT2D eigenvalue weighted by Crippen LogP contribution is -1.79. The standard InChI is InChI=1S/C11H13Cl/c1-9-6-10(2)8-11(7-9)4-3-5-12/h3-4,6-8H,5H2,1-2H3. The molecule has 1 heteroatoms. The predicted molar refractivity (Wildman–Crippen MR) is 55.7 cm³/mol. The molecule has 0 aliphatic rings. The fourth-order valence-electron chi connectivity index (χ4n) is 1.29. The minimum Gasteiger partial charge on any atom is -0.122 e. The van der Waals surface area contributed by atoms with Crippen LogP contribution < -0.4 is 0 Å². The van der Waals surface area contributed by atoms with Gasteiger partial charge in [-0.1, -0.05) is 41.5 Å². The summed E-state index contributed by atoms with van der Waals surface area (Å²) in [6.07, 6.45) is 4.00. The normalized spacial score (nSPS) is 10.9. The van der Waals surface area contributed by atoms with Crippen LogP contribution in [0.15, 0.2) is 24.3 Å². The van der Waals surface area contributed by atoms with Crippen molar-refractivity contribution in [2.24, 2.45) is 0 Å². The van der Waals surface area contributed by atoms with Crippen LogP contribution in [-0.2, 0) is 0 Å². The van der Waals surface area contributed by atoms with Crippen molar-refractivity contribution in [1.29, 1.82) is 0 Å². The summed E-state index contributed by atoms with van der Waals surface area (Å²) < 4.78 is 0. The van der Waals surface area contributed by atoms with E-state index in [2.05, 4.69) is 32.0 Å². The zero-order chi connectivity index (χ0) is 8.97. The van der Waals surface area contributed by atoms with Gasteiger partial charge in [-0.25, -0.2) is 0 Å². The van der Waals surface area contributed by atoms with Crippen LogP contribution in [0.4, 0.5) is 0 Å². The molecule has 0 N–H and O–H groups in total. The Hall–Kier alpha value is -0.750. The molecule has 1 rings (SSSR count). The molecule has 0 unspecified atom stereocenters. The number of allylic oxidation sites excluding steroid dienone is 1. The Bertz CT molecular complexity index is 267. The Balaban J connectivity index is 2.93. The lowest BCUT2D eigenvalue weighted by atomic mass is 10.1. The van der Waals surface area contributed by atoms with E-state index in [0.29, 0.717) is 5.88 Å². The van der Waals surface area contributed by atoms with Gasteiger partial charge in [-0.3, -0.25) is 0 Å². The molecule has 0 heterocycles. The van der Waals surface area contributed by atoms with E-state index in [0.717, 1.165) is 0 Å². The van der Waals surface area contributed by atoms with Gasteiger partial charge < -0.3 is 0 Å². The van der Waals surface area contributed by atoms with Gasteiger partial charge in [0, 0.05) is 5.88 Å². The summed E-state index contributed by atoms with van der Waals surface area (Å²) in [4.78, 5) is 0. The van der Waals surface area contributed by atoms with Crippen LogP contribution in [0.25, 0.3) is 6.08 Å². The smallest absolute Gasteiger partial charge is 0.0407 e. The second kappa shape index (κ2) is 4.32. The van der Waals surface area contributed by atoms with Gasteiger partial charge in [-0.05, 0) is 19.4 Å². The molecule has 0 atom stereocenters. The van der Waals surface area contributed by atoms with Crippen LogP contribution in [0, 0.1) is 13.8 Å². The zero-order valence-corrected chi connectivity index (χ0v) is 8.23. The molecular weight excluding hydrogens is 168 g/mol. The Labute approximate surface area is 78.9 Å². The molecule has 0 saturated carbocycles. The maximum absolute atomic E-state index is 5.54. The largest absolute Gasteiger partial charge is 0.122 e. The van der Waals surface area contributed by atoms with Crippen molar-refractivity contribution in [1.82, 2.24) is 0 Å². The minimum absolute atomic E-state index is 0.576. The summed E-state index contributed by atoms with van der Waals surface area (Å²) in [5.41, 5.74) is 3.82. The van der Waals surface area contributed by atoms with Gasteiger partial charge in [-0.15, -0.1) is 11.6 Å². The van der Waals surface area contributed by atoms with E-state index < -0.39 is 0 Å². The molecule has 0 bridgehead atoms. The Morgan fingerprint density at radius 2 is 1.75 bits per heavy atom. The summed E-state index contributed by atoms with van der Waals surface area (Å²) >= 11 is 5.54. The van der Waals surface area contributed by atoms with Crippen molar-refractivity contribution < 1.29 is 0 Å². The number of rotatable bonds is 2. The van der Waals surface area contributed by atoms with E-state index >= 15 is 0 Å². The highest BCUT2D eigenvalue weighted by Crippen LogP contribution is 2.10. The molecule has 1 aromatic rings. The molecule has 0 spiro atoms. The third kappa shape index (κ3) is 2.71. The zero-order valence-electron chi connectivity index (χ0n) is 7.47. The number of halogens is 1. The molecule has 0 aromatic heterocycles. The summed E-state index contributed by atoms with van der Waals surface area (Å²) in [5.74, 6) is 0.576. The van der Waals surface area contributed by atoms with Crippen LogP contribution in [0.1, 0.15) is 16.7 Å². The van der Waals surface area contributed by atoms with Crippen molar-refractivity contribution >= 4 is 17.7 Å². The molecule has 0 saturated heterocycles. The number of hydrogen-bond acceptors (Lipinski definition) is 0. The van der Waals surface area contributed by atoms with Crippen LogP contribution in [-0.4, -0.2) is 5.88 Å². The molecule has 0 aliphatic carbocycles. The first-order valence-electron chi connectivity index (χ1n) is 4.03. The maximum atomic E-state index is 5.54. The van der Waals surface area contributed by atoms with Crippen LogP contribution in [0.2, 0.25) is 0 Å². The van der Waals surface area contributed by atoms with E-state index in [1.165, 1.54) is 16.7 Å².